The second-order valence-corrected chi connectivity index (χ2v) is 14.7. The lowest BCUT2D eigenvalue weighted by Crippen LogP contribution is -2.02. The van der Waals surface area contributed by atoms with Gasteiger partial charge in [-0.05, 0) is 18.9 Å². The van der Waals surface area contributed by atoms with Crippen molar-refractivity contribution in [2.24, 2.45) is 11.7 Å². The van der Waals surface area contributed by atoms with Crippen molar-refractivity contribution in [2.75, 3.05) is 6.54 Å². The van der Waals surface area contributed by atoms with Crippen molar-refractivity contribution in [2.45, 2.75) is 258 Å². The molecule has 0 rings (SSSR count). The minimum Gasteiger partial charge on any atom is -0.330 e. The van der Waals surface area contributed by atoms with E-state index in [0.717, 1.165) is 12.5 Å². The van der Waals surface area contributed by atoms with Gasteiger partial charge in [-0.3, -0.25) is 0 Å². The van der Waals surface area contributed by atoms with Crippen molar-refractivity contribution in [3.8, 4) is 0 Å². The first-order valence-electron chi connectivity index (χ1n) is 21.0. The Bertz CT molecular complexity index is 428. The van der Waals surface area contributed by atoms with Crippen LogP contribution in [0.25, 0.3) is 0 Å². The number of nitrogens with two attached hydrogens (primary N) is 1. The SMILES string of the molecule is CCCCCCCCCCCCCCCCC(CCCCCCCCCN)CCCCCCCCCCCCCCCC. The van der Waals surface area contributed by atoms with Crippen LogP contribution in [0.15, 0.2) is 0 Å². The Morgan fingerprint density at radius 3 is 0.651 bits per heavy atom. The van der Waals surface area contributed by atoms with Crippen LogP contribution in [-0.4, -0.2) is 6.54 Å². The molecule has 0 amide bonds. The summed E-state index contributed by atoms with van der Waals surface area (Å²) in [5, 5.41) is 0. The van der Waals surface area contributed by atoms with Gasteiger partial charge in [0.2, 0.25) is 0 Å². The summed E-state index contributed by atoms with van der Waals surface area (Å²) in [6.07, 6.45) is 55.7. The summed E-state index contributed by atoms with van der Waals surface area (Å²) >= 11 is 0. The Labute approximate surface area is 275 Å². The highest BCUT2D eigenvalue weighted by Crippen LogP contribution is 2.25. The Balaban J connectivity index is 3.82. The van der Waals surface area contributed by atoms with Crippen LogP contribution >= 0.6 is 0 Å². The Hall–Kier alpha value is -0.0400. The third-order valence-electron chi connectivity index (χ3n) is 10.2. The first-order chi connectivity index (χ1) is 21.3. The zero-order valence-electron chi connectivity index (χ0n) is 30.7. The number of unbranched alkanes of at least 4 members (excludes halogenated alkanes) is 32. The standard InChI is InChI=1S/C42H87N/c1-3-5-7-9-11-13-15-17-19-21-23-26-30-34-38-42(40-36-32-28-25-29-33-37-41-43)39-35-31-27-24-22-20-18-16-14-12-10-8-6-4-2/h42H,3-41,43H2,1-2H3. The van der Waals surface area contributed by atoms with E-state index in [0.29, 0.717) is 0 Å². The molecular formula is C42H87N. The molecule has 1 heteroatoms. The van der Waals surface area contributed by atoms with Gasteiger partial charge in [-0.1, -0.05) is 251 Å². The van der Waals surface area contributed by atoms with E-state index in [4.69, 9.17) is 5.73 Å². The quantitative estimate of drug-likeness (QED) is 0.0693. The van der Waals surface area contributed by atoms with Crippen LogP contribution in [0, 0.1) is 5.92 Å². The molecule has 0 unspecified atom stereocenters. The molecule has 0 fully saturated rings. The van der Waals surface area contributed by atoms with E-state index in [-0.39, 0.29) is 0 Å². The maximum Gasteiger partial charge on any atom is -0.00773 e. The van der Waals surface area contributed by atoms with E-state index in [9.17, 15) is 0 Å². The van der Waals surface area contributed by atoms with Crippen LogP contribution in [0.3, 0.4) is 0 Å². The minimum absolute atomic E-state index is 0.875. The van der Waals surface area contributed by atoms with E-state index >= 15 is 0 Å². The van der Waals surface area contributed by atoms with Crippen LogP contribution in [0.1, 0.15) is 258 Å². The molecule has 43 heavy (non-hydrogen) atoms. The molecule has 260 valence electrons. The van der Waals surface area contributed by atoms with E-state index in [1.165, 1.54) is 244 Å². The molecule has 0 radical (unpaired) electrons. The molecule has 0 saturated carbocycles. The Kier molecular flexibility index (Phi) is 39.9. The fourth-order valence-electron chi connectivity index (χ4n) is 7.15. The van der Waals surface area contributed by atoms with Crippen LogP contribution in [0.2, 0.25) is 0 Å². The molecule has 2 N–H and O–H groups in total. The molecule has 1 nitrogen and oxygen atoms in total. The largest absolute Gasteiger partial charge is 0.330 e. The van der Waals surface area contributed by atoms with Crippen molar-refractivity contribution in [1.82, 2.24) is 0 Å². The summed E-state index contributed by atoms with van der Waals surface area (Å²) in [5.74, 6) is 1.02. The minimum atomic E-state index is 0.875. The van der Waals surface area contributed by atoms with Crippen molar-refractivity contribution < 1.29 is 0 Å². The molecular weight excluding hydrogens is 518 g/mol. The predicted octanol–water partition coefficient (Wildman–Crippen LogP) is 15.4. The summed E-state index contributed by atoms with van der Waals surface area (Å²) in [6, 6.07) is 0. The summed E-state index contributed by atoms with van der Waals surface area (Å²) in [7, 11) is 0. The highest BCUT2D eigenvalue weighted by atomic mass is 14.5. The second kappa shape index (κ2) is 40.0. The van der Waals surface area contributed by atoms with Gasteiger partial charge in [0.1, 0.15) is 0 Å². The lowest BCUT2D eigenvalue weighted by atomic mass is 9.89. The van der Waals surface area contributed by atoms with E-state index in [1.54, 1.807) is 0 Å². The molecule has 0 aliphatic heterocycles. The Morgan fingerprint density at radius 1 is 0.256 bits per heavy atom. The molecule has 0 saturated heterocycles. The van der Waals surface area contributed by atoms with E-state index < -0.39 is 0 Å². The molecule has 0 aliphatic rings. The Morgan fingerprint density at radius 2 is 0.442 bits per heavy atom. The summed E-state index contributed by atoms with van der Waals surface area (Å²) in [4.78, 5) is 0. The van der Waals surface area contributed by atoms with Gasteiger partial charge in [0.15, 0.2) is 0 Å². The van der Waals surface area contributed by atoms with Gasteiger partial charge in [0.05, 0.1) is 0 Å². The van der Waals surface area contributed by atoms with Crippen LogP contribution < -0.4 is 5.73 Å². The first-order valence-corrected chi connectivity index (χ1v) is 21.0. The molecule has 0 atom stereocenters. The fraction of sp³-hybridized carbons (Fsp3) is 1.00. The summed E-state index contributed by atoms with van der Waals surface area (Å²) in [5.41, 5.74) is 5.65. The molecule has 0 aromatic rings. The predicted molar refractivity (Wildman–Crippen MR) is 199 cm³/mol. The van der Waals surface area contributed by atoms with Crippen molar-refractivity contribution >= 4 is 0 Å². The maximum atomic E-state index is 5.65. The van der Waals surface area contributed by atoms with E-state index in [1.807, 2.05) is 0 Å². The number of rotatable bonds is 39. The van der Waals surface area contributed by atoms with E-state index in [2.05, 4.69) is 13.8 Å². The lowest BCUT2D eigenvalue weighted by molar-refractivity contribution is 0.365. The highest BCUT2D eigenvalue weighted by Gasteiger charge is 2.09. The maximum absolute atomic E-state index is 5.65. The van der Waals surface area contributed by atoms with Gasteiger partial charge in [-0.25, -0.2) is 0 Å². The molecule has 0 bridgehead atoms. The second-order valence-electron chi connectivity index (χ2n) is 14.7. The van der Waals surface area contributed by atoms with Crippen molar-refractivity contribution in [1.29, 1.82) is 0 Å². The third-order valence-corrected chi connectivity index (χ3v) is 10.2. The number of hydrogen-bond acceptors (Lipinski definition) is 1. The summed E-state index contributed by atoms with van der Waals surface area (Å²) < 4.78 is 0. The molecule has 0 aliphatic carbocycles. The third kappa shape index (κ3) is 38.1. The van der Waals surface area contributed by atoms with Crippen LogP contribution in [0.4, 0.5) is 0 Å². The van der Waals surface area contributed by atoms with Gasteiger partial charge < -0.3 is 5.73 Å². The zero-order chi connectivity index (χ0) is 31.2. The van der Waals surface area contributed by atoms with Gasteiger partial charge in [0.25, 0.3) is 0 Å². The lowest BCUT2D eigenvalue weighted by Gasteiger charge is -2.17. The van der Waals surface area contributed by atoms with Crippen molar-refractivity contribution in [3.05, 3.63) is 0 Å². The number of hydrogen-bond donors (Lipinski definition) is 1. The fourth-order valence-corrected chi connectivity index (χ4v) is 7.15. The first kappa shape index (κ1) is 43.0. The molecule has 0 aromatic heterocycles. The molecule has 0 spiro atoms. The topological polar surface area (TPSA) is 26.0 Å². The van der Waals surface area contributed by atoms with Gasteiger partial charge in [-0.15, -0.1) is 0 Å². The summed E-state index contributed by atoms with van der Waals surface area (Å²) in [6.45, 7) is 5.50. The van der Waals surface area contributed by atoms with Gasteiger partial charge in [-0.2, -0.15) is 0 Å². The molecule has 0 aromatic carbocycles. The van der Waals surface area contributed by atoms with Crippen molar-refractivity contribution in [3.63, 3.8) is 0 Å². The van der Waals surface area contributed by atoms with Gasteiger partial charge >= 0.3 is 0 Å². The molecule has 0 heterocycles. The van der Waals surface area contributed by atoms with Gasteiger partial charge in [0, 0.05) is 0 Å². The zero-order valence-corrected chi connectivity index (χ0v) is 30.7. The average Bonchev–Trinajstić information content (AvgIpc) is 3.02. The van der Waals surface area contributed by atoms with Crippen LogP contribution in [0.5, 0.6) is 0 Å². The average molecular weight is 606 g/mol. The smallest absolute Gasteiger partial charge is 0.00773 e. The van der Waals surface area contributed by atoms with Crippen LogP contribution in [-0.2, 0) is 0 Å². The monoisotopic (exact) mass is 606 g/mol. The highest BCUT2D eigenvalue weighted by molar-refractivity contribution is 4.62. The normalized spacial score (nSPS) is 11.7.